The second kappa shape index (κ2) is 18.8. The SMILES string of the molecule is CCOc1c2c(c(OCC(F)(F)F)c3ccccc13)C(=O)N(c1ccc(C(CC)(C(=O)O)C(C(=O)O)c3ccc(N4Cc5c(c(OCC)c6ccccc6c5OCC(F)(F)F)C4=O)c(Cl)c3)cc1Cl)C2. The summed E-state index contributed by atoms with van der Waals surface area (Å²) in [7, 11) is 0. The third-order valence-electron chi connectivity index (χ3n) is 12.4. The number of halogens is 8. The molecular weight excluding hydrogens is 973 g/mol. The number of rotatable bonds is 16. The molecule has 0 aromatic heterocycles. The van der Waals surface area contributed by atoms with Crippen molar-refractivity contribution in [3.05, 3.63) is 128 Å². The molecule has 2 aliphatic heterocycles. The highest BCUT2D eigenvalue weighted by Gasteiger charge is 2.52. The second-order valence-corrected chi connectivity index (χ2v) is 17.2. The number of alkyl halides is 6. The van der Waals surface area contributed by atoms with Crippen molar-refractivity contribution in [1.29, 1.82) is 0 Å². The van der Waals surface area contributed by atoms with Crippen LogP contribution in [0.4, 0.5) is 37.7 Å². The summed E-state index contributed by atoms with van der Waals surface area (Å²) < 4.78 is 104. The molecule has 6 aromatic carbocycles. The first-order valence-corrected chi connectivity index (χ1v) is 22.4. The minimum absolute atomic E-state index is 0.0116. The van der Waals surface area contributed by atoms with Gasteiger partial charge < -0.3 is 39.0 Å². The highest BCUT2D eigenvalue weighted by molar-refractivity contribution is 6.35. The molecule has 0 radical (unpaired) electrons. The van der Waals surface area contributed by atoms with E-state index < -0.39 is 60.7 Å². The molecule has 2 heterocycles. The van der Waals surface area contributed by atoms with Crippen LogP contribution < -0.4 is 28.7 Å². The Kier molecular flexibility index (Phi) is 13.3. The van der Waals surface area contributed by atoms with Gasteiger partial charge in [-0.2, -0.15) is 26.3 Å². The summed E-state index contributed by atoms with van der Waals surface area (Å²) in [6.07, 6.45) is -9.82. The van der Waals surface area contributed by atoms with E-state index in [-0.39, 0.29) is 121 Å². The standard InChI is InChI=1S/C50H40Cl2F6N2O10/c1-4-48(47(65)66,26-16-18-36(34(52)20-26)60-21-31-38(45(60)62)43(70-24-50(56,57)58)30-14-10-7-11-27(30)40(31)67-5-2)39(46(63)64)25-15-17-35(33(51)19-25)59-22-32-37(44(59)61)42(68-6-3)29-13-9-8-12-28(29)41(32)69-23-49(53,54)55/h7-20,39H,4-6,21-24H2,1-3H3,(H,63,64)(H,65,66). The van der Waals surface area contributed by atoms with Crippen molar-refractivity contribution in [2.75, 3.05) is 36.2 Å². The van der Waals surface area contributed by atoms with Crippen LogP contribution in [-0.4, -0.2) is 72.7 Å². The number of hydrogen-bond acceptors (Lipinski definition) is 8. The molecule has 2 aliphatic rings. The molecule has 2 unspecified atom stereocenters. The smallest absolute Gasteiger partial charge is 0.422 e. The minimum atomic E-state index is -4.75. The third kappa shape index (κ3) is 8.60. The molecule has 0 bridgehead atoms. The first-order valence-electron chi connectivity index (χ1n) is 21.7. The summed E-state index contributed by atoms with van der Waals surface area (Å²) in [4.78, 5) is 58.0. The van der Waals surface area contributed by atoms with E-state index in [9.17, 15) is 55.7 Å². The maximum Gasteiger partial charge on any atom is 0.422 e. The first-order chi connectivity index (χ1) is 33.2. The maximum absolute atomic E-state index is 14.3. The van der Waals surface area contributed by atoms with Gasteiger partial charge in [-0.05, 0) is 55.7 Å². The summed E-state index contributed by atoms with van der Waals surface area (Å²) in [5.41, 5.74) is -2.41. The van der Waals surface area contributed by atoms with Gasteiger partial charge in [0, 0.05) is 32.7 Å². The molecule has 2 amide bonds. The Balaban J connectivity index is 1.16. The van der Waals surface area contributed by atoms with E-state index in [1.54, 1.807) is 50.2 Å². The average molecular weight is 1010 g/mol. The fourth-order valence-electron chi connectivity index (χ4n) is 9.49. The average Bonchev–Trinajstić information content (AvgIpc) is 3.82. The minimum Gasteiger partial charge on any atom is -0.493 e. The fraction of sp³-hybridized carbons (Fsp3) is 0.280. The lowest BCUT2D eigenvalue weighted by Crippen LogP contribution is -2.45. The molecule has 20 heteroatoms. The molecule has 12 nitrogen and oxygen atoms in total. The second-order valence-electron chi connectivity index (χ2n) is 16.3. The van der Waals surface area contributed by atoms with Gasteiger partial charge in [-0.1, -0.05) is 90.8 Å². The zero-order valence-electron chi connectivity index (χ0n) is 37.2. The van der Waals surface area contributed by atoms with Crippen LogP contribution in [0, 0.1) is 0 Å². The number of nitrogens with zero attached hydrogens (tertiary/aromatic N) is 2. The van der Waals surface area contributed by atoms with Crippen LogP contribution in [0.5, 0.6) is 23.0 Å². The third-order valence-corrected chi connectivity index (χ3v) is 13.0. The predicted octanol–water partition coefficient (Wildman–Crippen LogP) is 11.9. The molecule has 0 saturated heterocycles. The van der Waals surface area contributed by atoms with Crippen LogP contribution >= 0.6 is 23.2 Å². The van der Waals surface area contributed by atoms with Gasteiger partial charge in [0.15, 0.2) is 13.2 Å². The van der Waals surface area contributed by atoms with Gasteiger partial charge in [-0.25, -0.2) is 0 Å². The van der Waals surface area contributed by atoms with Crippen LogP contribution in [0.3, 0.4) is 0 Å². The molecule has 8 rings (SSSR count). The van der Waals surface area contributed by atoms with E-state index in [1.807, 2.05) is 0 Å². The molecule has 6 aromatic rings. The van der Waals surface area contributed by atoms with Gasteiger partial charge in [0.1, 0.15) is 34.3 Å². The number of carbonyl (C=O) groups is 4. The lowest BCUT2D eigenvalue weighted by molar-refractivity contribution is -0.154. The van der Waals surface area contributed by atoms with Crippen molar-refractivity contribution in [2.24, 2.45) is 0 Å². The van der Waals surface area contributed by atoms with Gasteiger partial charge in [0.05, 0.1) is 58.9 Å². The molecule has 0 saturated carbocycles. The van der Waals surface area contributed by atoms with Crippen molar-refractivity contribution in [3.63, 3.8) is 0 Å². The Labute approximate surface area is 404 Å². The van der Waals surface area contributed by atoms with Crippen molar-refractivity contribution >= 4 is 79.9 Å². The van der Waals surface area contributed by atoms with Gasteiger partial charge in [0.25, 0.3) is 11.8 Å². The summed E-state index contributed by atoms with van der Waals surface area (Å²) >= 11 is 13.8. The Morgan fingerprint density at radius 2 is 1.03 bits per heavy atom. The number of amides is 2. The van der Waals surface area contributed by atoms with E-state index in [4.69, 9.17) is 42.1 Å². The Hall–Kier alpha value is -6.92. The number of carbonyl (C=O) groups excluding carboxylic acids is 2. The Morgan fingerprint density at radius 1 is 0.614 bits per heavy atom. The monoisotopic (exact) mass is 1010 g/mol. The normalized spacial score (nSPS) is 15.0. The number of carboxylic acid groups (broad SMARTS) is 2. The maximum atomic E-state index is 14.3. The first kappa shape index (κ1) is 49.5. The zero-order chi connectivity index (χ0) is 50.6. The zero-order valence-corrected chi connectivity index (χ0v) is 38.7. The van der Waals surface area contributed by atoms with Crippen LogP contribution in [0.25, 0.3) is 21.5 Å². The van der Waals surface area contributed by atoms with Crippen molar-refractivity contribution in [3.8, 4) is 23.0 Å². The molecule has 70 heavy (non-hydrogen) atoms. The number of ether oxygens (including phenoxy) is 4. The molecule has 366 valence electrons. The highest BCUT2D eigenvalue weighted by atomic mass is 35.5. The number of benzene rings is 6. The van der Waals surface area contributed by atoms with Gasteiger partial charge in [0.2, 0.25) is 0 Å². The Morgan fingerprint density at radius 3 is 1.44 bits per heavy atom. The lowest BCUT2D eigenvalue weighted by atomic mass is 9.65. The van der Waals surface area contributed by atoms with Crippen LogP contribution in [0.1, 0.15) is 76.1 Å². The van der Waals surface area contributed by atoms with E-state index in [1.165, 1.54) is 65.3 Å². The fourth-order valence-corrected chi connectivity index (χ4v) is 10.1. The summed E-state index contributed by atoms with van der Waals surface area (Å²) in [5, 5.41) is 22.7. The Bertz CT molecular complexity index is 3130. The van der Waals surface area contributed by atoms with Crippen LogP contribution in [-0.2, 0) is 28.1 Å². The molecule has 0 spiro atoms. The quantitative estimate of drug-likeness (QED) is 0.0896. The van der Waals surface area contributed by atoms with E-state index in [0.717, 1.165) is 0 Å². The van der Waals surface area contributed by atoms with Gasteiger partial charge in [-0.3, -0.25) is 19.2 Å². The van der Waals surface area contributed by atoms with Crippen molar-refractivity contribution in [1.82, 2.24) is 0 Å². The number of anilines is 2. The van der Waals surface area contributed by atoms with E-state index in [0.29, 0.717) is 10.8 Å². The van der Waals surface area contributed by atoms with Crippen molar-refractivity contribution < 1.29 is 74.7 Å². The topological polar surface area (TPSA) is 152 Å². The summed E-state index contributed by atoms with van der Waals surface area (Å²) in [5.74, 6) is -6.73. The summed E-state index contributed by atoms with van der Waals surface area (Å²) in [6, 6.07) is 20.2. The molecule has 2 N–H and O–H groups in total. The lowest BCUT2D eigenvalue weighted by Gasteiger charge is -2.35. The van der Waals surface area contributed by atoms with Gasteiger partial charge >= 0.3 is 24.3 Å². The predicted molar refractivity (Wildman–Crippen MR) is 247 cm³/mol. The van der Waals surface area contributed by atoms with Crippen LogP contribution in [0.2, 0.25) is 10.0 Å². The highest BCUT2D eigenvalue weighted by Crippen LogP contribution is 2.51. The molecular formula is C50H40Cl2F6N2O10. The number of fused-ring (bicyclic) bond motifs is 4. The summed E-state index contributed by atoms with van der Waals surface area (Å²) in [6.45, 7) is 1.11. The van der Waals surface area contributed by atoms with Crippen molar-refractivity contribution in [2.45, 2.75) is 64.0 Å². The number of carboxylic acids is 2. The molecule has 2 atom stereocenters. The van der Waals surface area contributed by atoms with Crippen LogP contribution in [0.15, 0.2) is 84.9 Å². The van der Waals surface area contributed by atoms with Gasteiger partial charge in [-0.15, -0.1) is 0 Å². The molecule has 0 aliphatic carbocycles. The number of hydrogen-bond donors (Lipinski definition) is 2. The van der Waals surface area contributed by atoms with E-state index in [2.05, 4.69) is 0 Å². The largest absolute Gasteiger partial charge is 0.493 e. The van der Waals surface area contributed by atoms with E-state index >= 15 is 0 Å². The molecule has 0 fully saturated rings. The number of aliphatic carboxylic acids is 2.